The van der Waals surface area contributed by atoms with E-state index < -0.39 is 4.92 Å². The maximum Gasteiger partial charge on any atom is 0.270 e. The fourth-order valence-corrected chi connectivity index (χ4v) is 2.20. The van der Waals surface area contributed by atoms with Gasteiger partial charge in [-0.25, -0.2) is 5.43 Å². The Hall–Kier alpha value is -2.73. The van der Waals surface area contributed by atoms with Crippen LogP contribution in [0.2, 0.25) is 5.02 Å². The zero-order valence-corrected chi connectivity index (χ0v) is 13.8. The molecule has 0 aliphatic heterocycles. The van der Waals surface area contributed by atoms with Crippen molar-refractivity contribution in [3.05, 3.63) is 74.3 Å². The van der Waals surface area contributed by atoms with Crippen molar-refractivity contribution >= 4 is 29.4 Å². The highest BCUT2D eigenvalue weighted by Gasteiger charge is 2.08. The number of hydrogen-bond donors (Lipinski definition) is 1. The van der Waals surface area contributed by atoms with Crippen molar-refractivity contribution in [2.75, 3.05) is 0 Å². The molecule has 0 fully saturated rings. The maximum atomic E-state index is 11.9. The van der Waals surface area contributed by atoms with E-state index in [1.807, 2.05) is 24.3 Å². The zero-order valence-electron chi connectivity index (χ0n) is 13.0. The first kappa shape index (κ1) is 17.6. The molecule has 0 bridgehead atoms. The number of nitrogens with zero attached hydrogens (tertiary/aromatic N) is 2. The van der Waals surface area contributed by atoms with Crippen molar-refractivity contribution in [1.82, 2.24) is 5.43 Å². The van der Waals surface area contributed by atoms with Gasteiger partial charge in [0.15, 0.2) is 0 Å². The monoisotopic (exact) mass is 345 g/mol. The summed E-state index contributed by atoms with van der Waals surface area (Å²) in [5.74, 6) is -0.281. The Kier molecular flexibility index (Phi) is 6.03. The van der Waals surface area contributed by atoms with Gasteiger partial charge in [0.25, 0.3) is 5.69 Å². The van der Waals surface area contributed by atoms with E-state index in [-0.39, 0.29) is 18.0 Å². The summed E-state index contributed by atoms with van der Waals surface area (Å²) in [6, 6.07) is 11.8. The van der Waals surface area contributed by atoms with Gasteiger partial charge < -0.3 is 0 Å². The lowest BCUT2D eigenvalue weighted by molar-refractivity contribution is -0.384. The highest BCUT2D eigenvalue weighted by Crippen LogP contribution is 2.20. The Bertz CT molecular complexity index is 773. The van der Waals surface area contributed by atoms with Gasteiger partial charge in [-0.1, -0.05) is 42.8 Å². The lowest BCUT2D eigenvalue weighted by Gasteiger charge is -2.02. The average molecular weight is 346 g/mol. The Morgan fingerprint density at radius 1 is 1.25 bits per heavy atom. The summed E-state index contributed by atoms with van der Waals surface area (Å²) < 4.78 is 0. The van der Waals surface area contributed by atoms with E-state index in [2.05, 4.69) is 17.5 Å². The number of rotatable bonds is 6. The van der Waals surface area contributed by atoms with Crippen LogP contribution in [0.3, 0.4) is 0 Å². The first-order valence-corrected chi connectivity index (χ1v) is 7.71. The van der Waals surface area contributed by atoms with Crippen LogP contribution in [0.25, 0.3) is 0 Å². The predicted molar refractivity (Wildman–Crippen MR) is 93.4 cm³/mol. The first-order valence-electron chi connectivity index (χ1n) is 7.33. The number of nitro groups is 1. The van der Waals surface area contributed by atoms with E-state index in [1.54, 1.807) is 0 Å². The van der Waals surface area contributed by atoms with Crippen molar-refractivity contribution in [1.29, 1.82) is 0 Å². The van der Waals surface area contributed by atoms with E-state index in [4.69, 9.17) is 11.6 Å². The van der Waals surface area contributed by atoms with E-state index >= 15 is 0 Å². The summed E-state index contributed by atoms with van der Waals surface area (Å²) in [5.41, 5.74) is 4.74. The van der Waals surface area contributed by atoms with Gasteiger partial charge in [0, 0.05) is 22.7 Å². The second-order valence-corrected chi connectivity index (χ2v) is 5.51. The number of carbonyl (C=O) groups excluding carboxylic acids is 1. The van der Waals surface area contributed by atoms with Crippen molar-refractivity contribution in [3.63, 3.8) is 0 Å². The predicted octanol–water partition coefficient (Wildman–Crippen LogP) is 3.50. The summed E-state index contributed by atoms with van der Waals surface area (Å²) in [5, 5.41) is 14.9. The van der Waals surface area contributed by atoms with Crippen molar-refractivity contribution in [3.8, 4) is 0 Å². The molecule has 6 nitrogen and oxygen atoms in total. The van der Waals surface area contributed by atoms with Crippen LogP contribution in [0.15, 0.2) is 47.6 Å². The zero-order chi connectivity index (χ0) is 17.5. The molecule has 0 aromatic heterocycles. The van der Waals surface area contributed by atoms with Crippen LogP contribution >= 0.6 is 11.6 Å². The molecule has 124 valence electrons. The highest BCUT2D eigenvalue weighted by atomic mass is 35.5. The Morgan fingerprint density at radius 2 is 1.92 bits per heavy atom. The number of hydrazone groups is 1. The molecule has 2 aromatic carbocycles. The van der Waals surface area contributed by atoms with Gasteiger partial charge in [0.1, 0.15) is 0 Å². The van der Waals surface area contributed by atoms with Crippen LogP contribution in [0.1, 0.15) is 23.6 Å². The number of hydrogen-bond acceptors (Lipinski definition) is 4. The quantitative estimate of drug-likeness (QED) is 0.494. The van der Waals surface area contributed by atoms with Crippen LogP contribution in [0.5, 0.6) is 0 Å². The summed E-state index contributed by atoms with van der Waals surface area (Å²) in [7, 11) is 0. The van der Waals surface area contributed by atoms with E-state index in [0.717, 1.165) is 12.0 Å². The minimum atomic E-state index is -0.522. The largest absolute Gasteiger partial charge is 0.273 e. The van der Waals surface area contributed by atoms with Gasteiger partial charge in [-0.05, 0) is 23.6 Å². The fraction of sp³-hybridized carbons (Fsp3) is 0.176. The number of nitro benzene ring substituents is 1. The molecule has 2 aromatic rings. The molecule has 1 amide bonds. The molecular formula is C17H16ClN3O3. The second kappa shape index (κ2) is 8.21. The molecule has 2 rings (SSSR count). The molecule has 7 heteroatoms. The summed E-state index contributed by atoms with van der Waals surface area (Å²) in [4.78, 5) is 22.1. The van der Waals surface area contributed by atoms with Gasteiger partial charge in [-0.2, -0.15) is 5.10 Å². The highest BCUT2D eigenvalue weighted by molar-refractivity contribution is 6.33. The molecule has 0 saturated heterocycles. The minimum Gasteiger partial charge on any atom is -0.273 e. The summed E-state index contributed by atoms with van der Waals surface area (Å²) in [6.07, 6.45) is 2.43. The van der Waals surface area contributed by atoms with E-state index in [1.165, 1.54) is 30.0 Å². The normalized spacial score (nSPS) is 10.8. The molecule has 1 N–H and O–H groups in total. The third-order valence-corrected chi connectivity index (χ3v) is 3.72. The second-order valence-electron chi connectivity index (χ2n) is 5.10. The number of amides is 1. The Labute approximate surface area is 144 Å². The smallest absolute Gasteiger partial charge is 0.270 e. The van der Waals surface area contributed by atoms with Gasteiger partial charge in [-0.3, -0.25) is 14.9 Å². The fourth-order valence-electron chi connectivity index (χ4n) is 2.04. The van der Waals surface area contributed by atoms with Crippen LogP contribution in [-0.4, -0.2) is 17.0 Å². The molecular weight excluding hydrogens is 330 g/mol. The molecule has 0 unspecified atom stereocenters. The molecule has 0 saturated carbocycles. The average Bonchev–Trinajstić information content (AvgIpc) is 2.57. The van der Waals surface area contributed by atoms with Crippen LogP contribution in [0, 0.1) is 10.1 Å². The molecule has 24 heavy (non-hydrogen) atoms. The van der Waals surface area contributed by atoms with Gasteiger partial charge in [0.2, 0.25) is 5.91 Å². The SMILES string of the molecule is CCc1ccc(CC(=O)N/N=C/c2cc([N+](=O)[O-])ccc2Cl)cc1. The third kappa shape index (κ3) is 4.89. The Balaban J connectivity index is 1.96. The van der Waals surface area contributed by atoms with Crippen molar-refractivity contribution < 1.29 is 9.72 Å². The Morgan fingerprint density at radius 3 is 2.54 bits per heavy atom. The van der Waals surface area contributed by atoms with Gasteiger partial charge >= 0.3 is 0 Å². The standard InChI is InChI=1S/C17H16ClN3O3/c1-2-12-3-5-13(6-4-12)9-17(22)20-19-11-14-10-15(21(23)24)7-8-16(14)18/h3-8,10-11H,2,9H2,1H3,(H,20,22)/b19-11+. The molecule has 0 aliphatic carbocycles. The number of halogens is 1. The lowest BCUT2D eigenvalue weighted by atomic mass is 10.1. The van der Waals surface area contributed by atoms with Gasteiger partial charge in [0.05, 0.1) is 17.6 Å². The summed E-state index contributed by atoms with van der Waals surface area (Å²) in [6.45, 7) is 2.06. The first-order chi connectivity index (χ1) is 11.5. The van der Waals surface area contributed by atoms with Crippen LogP contribution < -0.4 is 5.43 Å². The van der Waals surface area contributed by atoms with Crippen LogP contribution in [-0.2, 0) is 17.6 Å². The summed E-state index contributed by atoms with van der Waals surface area (Å²) >= 11 is 5.95. The van der Waals surface area contributed by atoms with Crippen molar-refractivity contribution in [2.24, 2.45) is 5.10 Å². The number of benzene rings is 2. The molecule has 0 heterocycles. The van der Waals surface area contributed by atoms with E-state index in [9.17, 15) is 14.9 Å². The van der Waals surface area contributed by atoms with Crippen molar-refractivity contribution in [2.45, 2.75) is 19.8 Å². The number of carbonyl (C=O) groups is 1. The maximum absolute atomic E-state index is 11.9. The van der Waals surface area contributed by atoms with E-state index in [0.29, 0.717) is 10.6 Å². The van der Waals surface area contributed by atoms with Crippen LogP contribution in [0.4, 0.5) is 5.69 Å². The minimum absolute atomic E-state index is 0.0943. The molecule has 0 radical (unpaired) electrons. The topological polar surface area (TPSA) is 84.6 Å². The van der Waals surface area contributed by atoms with Gasteiger partial charge in [-0.15, -0.1) is 0 Å². The molecule has 0 atom stereocenters. The lowest BCUT2D eigenvalue weighted by Crippen LogP contribution is -2.19. The number of non-ortho nitro benzene ring substituents is 1. The molecule has 0 aliphatic rings. The number of aryl methyl sites for hydroxylation is 1. The number of nitrogens with one attached hydrogen (secondary N) is 1. The third-order valence-electron chi connectivity index (χ3n) is 3.38. The molecule has 0 spiro atoms.